The van der Waals surface area contributed by atoms with Crippen LogP contribution >= 0.6 is 0 Å². The van der Waals surface area contributed by atoms with Crippen molar-refractivity contribution in [2.75, 3.05) is 14.2 Å². The van der Waals surface area contributed by atoms with Gasteiger partial charge in [0.25, 0.3) is 0 Å². The molecule has 6 nitrogen and oxygen atoms in total. The molecule has 6 heteroatoms. The maximum absolute atomic E-state index is 11.2. The first-order chi connectivity index (χ1) is 11.7. The van der Waals surface area contributed by atoms with Crippen LogP contribution in [0.2, 0.25) is 0 Å². The van der Waals surface area contributed by atoms with Crippen LogP contribution in [0, 0.1) is 6.92 Å². The average Bonchev–Trinajstić information content (AvgIpc) is 2.62. The van der Waals surface area contributed by atoms with Crippen molar-refractivity contribution >= 4 is 17.2 Å². The molecule has 0 aliphatic heterocycles. The molecule has 0 radical (unpaired) electrons. The molecule has 0 N–H and O–H groups in total. The smallest absolute Gasteiger partial charge is 0.172 e. The summed E-state index contributed by atoms with van der Waals surface area (Å²) >= 11 is 0. The topological polar surface area (TPSA) is 70.5 Å². The van der Waals surface area contributed by atoms with E-state index in [-0.39, 0.29) is 5.69 Å². The normalized spacial score (nSPS) is 10.5. The fourth-order valence-corrected chi connectivity index (χ4v) is 2.39. The summed E-state index contributed by atoms with van der Waals surface area (Å²) in [6, 6.07) is 8.80. The van der Waals surface area contributed by atoms with Crippen molar-refractivity contribution < 1.29 is 19.0 Å². The number of methoxy groups -OCH3 is 2. The third-order valence-electron chi connectivity index (χ3n) is 3.56. The standard InChI is InChI=1S/C18H16N2O4/c1-11-4-5-16(14(10-21)20-11)24-15-6-7-19-13-9-18(23-3)17(22-2)8-12(13)15/h4-10H,1-3H3. The molecule has 3 aromatic rings. The third-order valence-corrected chi connectivity index (χ3v) is 3.56. The number of pyridine rings is 2. The van der Waals surface area contributed by atoms with Crippen LogP contribution in [0.15, 0.2) is 36.5 Å². The van der Waals surface area contributed by atoms with Crippen LogP contribution in [-0.2, 0) is 0 Å². The van der Waals surface area contributed by atoms with Gasteiger partial charge in [0.2, 0.25) is 0 Å². The van der Waals surface area contributed by atoms with Crippen molar-refractivity contribution in [1.82, 2.24) is 9.97 Å². The molecule has 0 amide bonds. The van der Waals surface area contributed by atoms with Crippen molar-refractivity contribution in [3.8, 4) is 23.0 Å². The number of fused-ring (bicyclic) bond motifs is 1. The second kappa shape index (κ2) is 6.54. The summed E-state index contributed by atoms with van der Waals surface area (Å²) < 4.78 is 16.5. The van der Waals surface area contributed by atoms with Gasteiger partial charge in [0.05, 0.1) is 19.7 Å². The molecular weight excluding hydrogens is 308 g/mol. The molecule has 0 unspecified atom stereocenters. The number of benzene rings is 1. The van der Waals surface area contributed by atoms with Gasteiger partial charge in [0, 0.05) is 23.3 Å². The molecular formula is C18H16N2O4. The van der Waals surface area contributed by atoms with Crippen molar-refractivity contribution in [2.24, 2.45) is 0 Å². The lowest BCUT2D eigenvalue weighted by Gasteiger charge is -2.13. The minimum absolute atomic E-state index is 0.250. The fourth-order valence-electron chi connectivity index (χ4n) is 2.39. The number of hydrogen-bond donors (Lipinski definition) is 0. The highest BCUT2D eigenvalue weighted by Gasteiger charge is 2.13. The van der Waals surface area contributed by atoms with Crippen LogP contribution in [0.5, 0.6) is 23.0 Å². The molecule has 24 heavy (non-hydrogen) atoms. The van der Waals surface area contributed by atoms with Gasteiger partial charge in [0.15, 0.2) is 23.5 Å². The van der Waals surface area contributed by atoms with E-state index in [1.54, 1.807) is 50.7 Å². The van der Waals surface area contributed by atoms with Crippen LogP contribution in [0.3, 0.4) is 0 Å². The number of nitrogens with zero attached hydrogens (tertiary/aromatic N) is 2. The molecule has 2 aromatic heterocycles. The number of ether oxygens (including phenoxy) is 3. The zero-order valence-corrected chi connectivity index (χ0v) is 13.6. The Kier molecular flexibility index (Phi) is 4.29. The Bertz CT molecular complexity index is 909. The molecule has 0 saturated carbocycles. The summed E-state index contributed by atoms with van der Waals surface area (Å²) in [5.74, 6) is 2.09. The second-order valence-corrected chi connectivity index (χ2v) is 5.09. The number of hydrogen-bond acceptors (Lipinski definition) is 6. The van der Waals surface area contributed by atoms with Crippen molar-refractivity contribution in [3.63, 3.8) is 0 Å². The minimum atomic E-state index is 0.250. The van der Waals surface area contributed by atoms with Crippen LogP contribution in [-0.4, -0.2) is 30.5 Å². The van der Waals surface area contributed by atoms with Crippen molar-refractivity contribution in [3.05, 3.63) is 47.9 Å². The van der Waals surface area contributed by atoms with E-state index in [4.69, 9.17) is 14.2 Å². The number of aromatic nitrogens is 2. The highest BCUT2D eigenvalue weighted by atomic mass is 16.5. The molecule has 0 aliphatic rings. The van der Waals surface area contributed by atoms with Gasteiger partial charge in [-0.2, -0.15) is 0 Å². The van der Waals surface area contributed by atoms with E-state index in [2.05, 4.69) is 9.97 Å². The minimum Gasteiger partial charge on any atom is -0.493 e. The van der Waals surface area contributed by atoms with E-state index >= 15 is 0 Å². The Labute approximate surface area is 139 Å². The van der Waals surface area contributed by atoms with Gasteiger partial charge >= 0.3 is 0 Å². The lowest BCUT2D eigenvalue weighted by atomic mass is 10.2. The number of carbonyl (C=O) groups excluding carboxylic acids is 1. The van der Waals surface area contributed by atoms with E-state index in [9.17, 15) is 4.79 Å². The molecule has 0 spiro atoms. The first-order valence-electron chi connectivity index (χ1n) is 7.27. The van der Waals surface area contributed by atoms with Gasteiger partial charge in [0.1, 0.15) is 11.4 Å². The van der Waals surface area contributed by atoms with Crippen molar-refractivity contribution in [2.45, 2.75) is 6.92 Å². The largest absolute Gasteiger partial charge is 0.493 e. The Morgan fingerprint density at radius 2 is 1.71 bits per heavy atom. The monoisotopic (exact) mass is 324 g/mol. The summed E-state index contributed by atoms with van der Waals surface area (Å²) in [4.78, 5) is 19.7. The first-order valence-corrected chi connectivity index (χ1v) is 7.27. The Balaban J connectivity index is 2.11. The number of aldehydes is 1. The third kappa shape index (κ3) is 2.86. The highest BCUT2D eigenvalue weighted by molar-refractivity contribution is 5.88. The summed E-state index contributed by atoms with van der Waals surface area (Å²) in [6.45, 7) is 1.82. The second-order valence-electron chi connectivity index (χ2n) is 5.09. The lowest BCUT2D eigenvalue weighted by Crippen LogP contribution is -1.97. The maximum atomic E-state index is 11.2. The molecule has 3 rings (SSSR count). The van der Waals surface area contributed by atoms with E-state index < -0.39 is 0 Å². The summed E-state index contributed by atoms with van der Waals surface area (Å²) in [6.07, 6.45) is 2.31. The van der Waals surface area contributed by atoms with E-state index in [0.717, 1.165) is 11.1 Å². The van der Waals surface area contributed by atoms with Gasteiger partial charge in [-0.15, -0.1) is 0 Å². The first kappa shape index (κ1) is 15.7. The average molecular weight is 324 g/mol. The van der Waals surface area contributed by atoms with Gasteiger partial charge in [-0.05, 0) is 31.2 Å². The molecule has 2 heterocycles. The van der Waals surface area contributed by atoms with Gasteiger partial charge in [-0.1, -0.05) is 0 Å². The molecule has 122 valence electrons. The summed E-state index contributed by atoms with van der Waals surface area (Å²) in [7, 11) is 3.13. The molecule has 0 aliphatic carbocycles. The number of aryl methyl sites for hydroxylation is 1. The zero-order chi connectivity index (χ0) is 17.1. The quantitative estimate of drug-likeness (QED) is 0.668. The van der Waals surface area contributed by atoms with E-state index in [0.29, 0.717) is 34.8 Å². The number of carbonyl (C=O) groups is 1. The molecule has 0 bridgehead atoms. The predicted octanol–water partition coefficient (Wildman–Crippen LogP) is 3.56. The molecule has 0 saturated heterocycles. The van der Waals surface area contributed by atoms with E-state index in [1.165, 1.54) is 0 Å². The van der Waals surface area contributed by atoms with Crippen LogP contribution in [0.1, 0.15) is 16.2 Å². The maximum Gasteiger partial charge on any atom is 0.172 e. The summed E-state index contributed by atoms with van der Waals surface area (Å²) in [5, 5.41) is 0.743. The predicted molar refractivity (Wildman–Crippen MR) is 89.3 cm³/mol. The van der Waals surface area contributed by atoms with Crippen LogP contribution in [0.25, 0.3) is 10.9 Å². The molecule has 1 aromatic carbocycles. The van der Waals surface area contributed by atoms with Crippen LogP contribution < -0.4 is 14.2 Å². The van der Waals surface area contributed by atoms with E-state index in [1.807, 2.05) is 6.92 Å². The molecule has 0 fully saturated rings. The molecule has 0 atom stereocenters. The van der Waals surface area contributed by atoms with Gasteiger partial charge < -0.3 is 14.2 Å². The SMILES string of the molecule is COc1cc2nccc(Oc3ccc(C)nc3C=O)c2cc1OC. The van der Waals surface area contributed by atoms with Gasteiger partial charge in [-0.25, -0.2) is 4.98 Å². The van der Waals surface area contributed by atoms with Gasteiger partial charge in [-0.3, -0.25) is 9.78 Å². The Morgan fingerprint density at radius 3 is 2.42 bits per heavy atom. The fraction of sp³-hybridized carbons (Fsp3) is 0.167. The number of rotatable bonds is 5. The Morgan fingerprint density at radius 1 is 0.958 bits per heavy atom. The highest BCUT2D eigenvalue weighted by Crippen LogP contribution is 2.37. The zero-order valence-electron chi connectivity index (χ0n) is 13.6. The lowest BCUT2D eigenvalue weighted by molar-refractivity contribution is 0.111. The Hall–Kier alpha value is -3.15. The van der Waals surface area contributed by atoms with Crippen molar-refractivity contribution in [1.29, 1.82) is 0 Å². The van der Waals surface area contributed by atoms with Crippen LogP contribution in [0.4, 0.5) is 0 Å². The summed E-state index contributed by atoms with van der Waals surface area (Å²) in [5.41, 5.74) is 1.69.